The lowest BCUT2D eigenvalue weighted by molar-refractivity contribution is -0.137. The first-order valence-corrected chi connectivity index (χ1v) is 5.63. The number of benzene rings is 1. The predicted octanol–water partition coefficient (Wildman–Crippen LogP) is 1.91. The number of hydrogen-bond acceptors (Lipinski definition) is 6. The van der Waals surface area contributed by atoms with Crippen LogP contribution in [0.15, 0.2) is 30.3 Å². The largest absolute Gasteiger partial charge is 0.435 e. The normalized spacial score (nSPS) is 11.8. The molecule has 2 heterocycles. The standard InChI is InChI=1S/C11H7F3N6O/c12-11(13,14)6-1-2-8(7(15)5-6)21-10-4-3-9-16-18-19-20(9)17-10/h1-5H,15H2. The Balaban J connectivity index is 1.90. The highest BCUT2D eigenvalue weighted by molar-refractivity contribution is 5.56. The number of alkyl halides is 3. The van der Waals surface area contributed by atoms with Gasteiger partial charge in [0.05, 0.1) is 11.3 Å². The van der Waals surface area contributed by atoms with Gasteiger partial charge < -0.3 is 10.5 Å². The van der Waals surface area contributed by atoms with Crippen LogP contribution in [0.2, 0.25) is 0 Å². The molecule has 0 aliphatic rings. The lowest BCUT2D eigenvalue weighted by Gasteiger charge is -2.11. The number of aromatic nitrogens is 5. The van der Waals surface area contributed by atoms with Crippen LogP contribution in [0, 0.1) is 0 Å². The van der Waals surface area contributed by atoms with Crippen LogP contribution in [0.5, 0.6) is 11.6 Å². The van der Waals surface area contributed by atoms with Crippen molar-refractivity contribution in [2.75, 3.05) is 5.73 Å². The number of hydrogen-bond donors (Lipinski definition) is 1. The highest BCUT2D eigenvalue weighted by atomic mass is 19.4. The highest BCUT2D eigenvalue weighted by Gasteiger charge is 2.31. The zero-order valence-electron chi connectivity index (χ0n) is 10.2. The molecule has 0 radical (unpaired) electrons. The van der Waals surface area contributed by atoms with Crippen molar-refractivity contribution in [3.8, 4) is 11.6 Å². The Kier molecular flexibility index (Phi) is 2.85. The first-order valence-electron chi connectivity index (χ1n) is 5.63. The Morgan fingerprint density at radius 2 is 1.95 bits per heavy atom. The van der Waals surface area contributed by atoms with Crippen LogP contribution in [-0.2, 0) is 6.18 Å². The average molecular weight is 296 g/mol. The summed E-state index contributed by atoms with van der Waals surface area (Å²) in [7, 11) is 0. The van der Waals surface area contributed by atoms with Gasteiger partial charge in [-0.05, 0) is 34.7 Å². The van der Waals surface area contributed by atoms with Gasteiger partial charge in [-0.1, -0.05) is 0 Å². The number of ether oxygens (including phenoxy) is 1. The van der Waals surface area contributed by atoms with Gasteiger partial charge in [-0.2, -0.15) is 13.2 Å². The summed E-state index contributed by atoms with van der Waals surface area (Å²) in [4.78, 5) is 0. The van der Waals surface area contributed by atoms with E-state index in [1.807, 2.05) is 0 Å². The first kappa shape index (κ1) is 13.1. The summed E-state index contributed by atoms with van der Waals surface area (Å²) in [6, 6.07) is 5.82. The van der Waals surface area contributed by atoms with E-state index in [0.717, 1.165) is 22.8 Å². The molecule has 2 N–H and O–H groups in total. The van der Waals surface area contributed by atoms with Crippen LogP contribution in [-0.4, -0.2) is 25.3 Å². The number of nitrogen functional groups attached to an aromatic ring is 1. The molecule has 0 aliphatic carbocycles. The molecule has 3 rings (SSSR count). The van der Waals surface area contributed by atoms with Crippen LogP contribution in [0.1, 0.15) is 5.56 Å². The Morgan fingerprint density at radius 3 is 2.67 bits per heavy atom. The second-order valence-corrected chi connectivity index (χ2v) is 4.05. The summed E-state index contributed by atoms with van der Waals surface area (Å²) in [6.45, 7) is 0. The van der Waals surface area contributed by atoms with Crippen LogP contribution in [0.3, 0.4) is 0 Å². The smallest absolute Gasteiger partial charge is 0.416 e. The van der Waals surface area contributed by atoms with Gasteiger partial charge in [-0.15, -0.1) is 14.8 Å². The van der Waals surface area contributed by atoms with Crippen molar-refractivity contribution in [1.82, 2.24) is 25.3 Å². The van der Waals surface area contributed by atoms with E-state index in [1.165, 1.54) is 6.07 Å². The third kappa shape index (κ3) is 2.55. The molecule has 0 saturated heterocycles. The van der Waals surface area contributed by atoms with E-state index in [0.29, 0.717) is 5.65 Å². The number of halogens is 3. The molecule has 7 nitrogen and oxygen atoms in total. The Hall–Kier alpha value is -2.91. The monoisotopic (exact) mass is 296 g/mol. The van der Waals surface area contributed by atoms with Crippen molar-refractivity contribution in [1.29, 1.82) is 0 Å². The average Bonchev–Trinajstić information content (AvgIpc) is 2.87. The molecule has 108 valence electrons. The molecule has 0 saturated carbocycles. The fourth-order valence-corrected chi connectivity index (χ4v) is 1.62. The molecular formula is C11H7F3N6O. The summed E-state index contributed by atoms with van der Waals surface area (Å²) in [6.07, 6.45) is -4.46. The minimum absolute atomic E-state index is 0.0583. The first-order chi connectivity index (χ1) is 9.93. The summed E-state index contributed by atoms with van der Waals surface area (Å²) >= 11 is 0. The molecule has 0 fully saturated rings. The molecule has 1 aromatic carbocycles. The van der Waals surface area contributed by atoms with E-state index >= 15 is 0 Å². The molecule has 0 atom stereocenters. The summed E-state index contributed by atoms with van der Waals surface area (Å²) < 4.78 is 44.0. The second kappa shape index (κ2) is 4.58. The van der Waals surface area contributed by atoms with E-state index in [4.69, 9.17) is 10.5 Å². The van der Waals surface area contributed by atoms with Crippen molar-refractivity contribution in [2.24, 2.45) is 0 Å². The molecule has 2 aromatic heterocycles. The minimum Gasteiger partial charge on any atom is -0.435 e. The van der Waals surface area contributed by atoms with E-state index in [2.05, 4.69) is 20.6 Å². The summed E-state index contributed by atoms with van der Waals surface area (Å²) in [5.41, 5.74) is 4.96. The fourth-order valence-electron chi connectivity index (χ4n) is 1.62. The van der Waals surface area contributed by atoms with Crippen molar-refractivity contribution in [3.05, 3.63) is 35.9 Å². The zero-order valence-corrected chi connectivity index (χ0v) is 10.2. The van der Waals surface area contributed by atoms with E-state index in [-0.39, 0.29) is 17.3 Å². The quantitative estimate of drug-likeness (QED) is 0.726. The SMILES string of the molecule is Nc1cc(C(F)(F)F)ccc1Oc1ccc2nnnn2n1. The number of nitrogens with zero attached hydrogens (tertiary/aromatic N) is 5. The van der Waals surface area contributed by atoms with E-state index < -0.39 is 11.7 Å². The molecular weight excluding hydrogens is 289 g/mol. The van der Waals surface area contributed by atoms with Gasteiger partial charge in [0, 0.05) is 6.07 Å². The van der Waals surface area contributed by atoms with Crippen molar-refractivity contribution in [2.45, 2.75) is 6.18 Å². The summed E-state index contributed by atoms with van der Waals surface area (Å²) in [5.74, 6) is 0.157. The van der Waals surface area contributed by atoms with Gasteiger partial charge >= 0.3 is 6.18 Å². The zero-order chi connectivity index (χ0) is 15.0. The van der Waals surface area contributed by atoms with E-state index in [1.54, 1.807) is 6.07 Å². The molecule has 10 heteroatoms. The second-order valence-electron chi connectivity index (χ2n) is 4.05. The molecule has 0 amide bonds. The molecule has 0 bridgehead atoms. The molecule has 21 heavy (non-hydrogen) atoms. The Morgan fingerprint density at radius 1 is 1.14 bits per heavy atom. The minimum atomic E-state index is -4.46. The van der Waals surface area contributed by atoms with Crippen molar-refractivity contribution in [3.63, 3.8) is 0 Å². The third-order valence-electron chi connectivity index (χ3n) is 2.60. The van der Waals surface area contributed by atoms with E-state index in [9.17, 15) is 13.2 Å². The van der Waals surface area contributed by atoms with Gasteiger partial charge in [0.2, 0.25) is 5.88 Å². The van der Waals surface area contributed by atoms with Gasteiger partial charge in [0.25, 0.3) is 0 Å². The van der Waals surface area contributed by atoms with Crippen LogP contribution in [0.25, 0.3) is 5.65 Å². The number of anilines is 1. The van der Waals surface area contributed by atoms with Crippen molar-refractivity contribution >= 4 is 11.3 Å². The number of tetrazole rings is 1. The van der Waals surface area contributed by atoms with Gasteiger partial charge in [0.1, 0.15) is 0 Å². The highest BCUT2D eigenvalue weighted by Crippen LogP contribution is 2.34. The number of rotatable bonds is 2. The molecule has 0 aliphatic heterocycles. The Labute approximate surface area is 115 Å². The van der Waals surface area contributed by atoms with Crippen LogP contribution in [0.4, 0.5) is 18.9 Å². The molecule has 0 unspecified atom stereocenters. The fraction of sp³-hybridized carbons (Fsp3) is 0.0909. The summed E-state index contributed by atoms with van der Waals surface area (Å²) in [5, 5.41) is 14.6. The Bertz CT molecular complexity index is 800. The third-order valence-corrected chi connectivity index (χ3v) is 2.60. The lowest BCUT2D eigenvalue weighted by Crippen LogP contribution is -2.06. The molecule has 0 spiro atoms. The predicted molar refractivity (Wildman–Crippen MR) is 64.5 cm³/mol. The lowest BCUT2D eigenvalue weighted by atomic mass is 10.2. The van der Waals surface area contributed by atoms with Crippen molar-refractivity contribution < 1.29 is 17.9 Å². The maximum Gasteiger partial charge on any atom is 0.416 e. The number of nitrogens with two attached hydrogens (primary N) is 1. The van der Waals surface area contributed by atoms with Crippen LogP contribution < -0.4 is 10.5 Å². The number of fused-ring (bicyclic) bond motifs is 1. The maximum absolute atomic E-state index is 12.5. The molecule has 3 aromatic rings. The van der Waals surface area contributed by atoms with Gasteiger partial charge in [0.15, 0.2) is 11.4 Å². The van der Waals surface area contributed by atoms with Gasteiger partial charge in [-0.25, -0.2) is 0 Å². The van der Waals surface area contributed by atoms with Gasteiger partial charge in [-0.3, -0.25) is 0 Å². The maximum atomic E-state index is 12.5. The van der Waals surface area contributed by atoms with Crippen LogP contribution >= 0.6 is 0 Å². The topological polar surface area (TPSA) is 91.2 Å².